The molecule has 1 atom stereocenters. The lowest BCUT2D eigenvalue weighted by Gasteiger charge is -2.37. The quantitative estimate of drug-likeness (QED) is 0.460. The number of amides is 1. The van der Waals surface area contributed by atoms with E-state index in [0.29, 0.717) is 63.3 Å². The number of benzene rings is 1. The highest BCUT2D eigenvalue weighted by atomic mass is 19.4. The summed E-state index contributed by atoms with van der Waals surface area (Å²) in [5.74, 6) is 0.388. The number of carbonyl (C=O) groups is 1. The van der Waals surface area contributed by atoms with Crippen LogP contribution in [0.25, 0.3) is 0 Å². The fourth-order valence-electron chi connectivity index (χ4n) is 5.22. The van der Waals surface area contributed by atoms with Crippen LogP contribution in [0, 0.1) is 10.1 Å². The SMILES string of the molecule is COC1(C(=O)N2Cc3c(n4c(nc3=N[C@H](C)c3cc([N+](=O)[O-])cc(C(F)(F)F)c3)NCC4)C2)CCOCC1. The number of aromatic nitrogens is 2. The molecule has 0 saturated carbocycles. The van der Waals surface area contributed by atoms with Crippen molar-refractivity contribution in [2.75, 3.05) is 32.2 Å². The summed E-state index contributed by atoms with van der Waals surface area (Å²) in [6, 6.07) is 1.59. The molecule has 0 aliphatic carbocycles. The number of hydrogen-bond donors (Lipinski definition) is 1. The van der Waals surface area contributed by atoms with Crippen molar-refractivity contribution in [3.8, 4) is 0 Å². The maximum absolute atomic E-state index is 13.6. The lowest BCUT2D eigenvalue weighted by atomic mass is 9.92. The maximum atomic E-state index is 13.6. The minimum Gasteiger partial charge on any atom is -0.381 e. The van der Waals surface area contributed by atoms with Gasteiger partial charge in [-0.05, 0) is 18.6 Å². The Kier molecular flexibility index (Phi) is 6.63. The second kappa shape index (κ2) is 9.66. The lowest BCUT2D eigenvalue weighted by molar-refractivity contribution is -0.385. The number of alkyl halides is 3. The van der Waals surface area contributed by atoms with E-state index in [9.17, 15) is 28.1 Å². The van der Waals surface area contributed by atoms with E-state index in [1.807, 2.05) is 4.57 Å². The molecular weight excluding hydrogens is 509 g/mol. The minimum atomic E-state index is -4.75. The Morgan fingerprint density at radius 3 is 2.68 bits per heavy atom. The average molecular weight is 537 g/mol. The van der Waals surface area contributed by atoms with Gasteiger partial charge in [0.05, 0.1) is 29.6 Å². The molecular formula is C24H27F3N6O5. The van der Waals surface area contributed by atoms with E-state index < -0.39 is 34.0 Å². The summed E-state index contributed by atoms with van der Waals surface area (Å²) in [5.41, 5.74) is -0.922. The second-order valence-electron chi connectivity index (χ2n) is 9.61. The molecule has 204 valence electrons. The van der Waals surface area contributed by atoms with Crippen molar-refractivity contribution in [2.45, 2.75) is 57.2 Å². The number of nitro groups is 1. The van der Waals surface area contributed by atoms with E-state index in [2.05, 4.69) is 15.3 Å². The van der Waals surface area contributed by atoms with Crippen molar-refractivity contribution in [1.29, 1.82) is 0 Å². The third kappa shape index (κ3) is 4.62. The molecule has 2 aromatic rings. The molecule has 1 amide bonds. The van der Waals surface area contributed by atoms with Crippen LogP contribution in [-0.4, -0.2) is 57.8 Å². The molecule has 5 rings (SSSR count). The number of nitrogens with zero attached hydrogens (tertiary/aromatic N) is 5. The smallest absolute Gasteiger partial charge is 0.381 e. The number of fused-ring (bicyclic) bond motifs is 3. The van der Waals surface area contributed by atoms with Gasteiger partial charge in [0, 0.05) is 69.6 Å². The fraction of sp³-hybridized carbons (Fsp3) is 0.542. The second-order valence-corrected chi connectivity index (χ2v) is 9.61. The normalized spacial score (nSPS) is 19.6. The van der Waals surface area contributed by atoms with E-state index in [1.165, 1.54) is 7.11 Å². The van der Waals surface area contributed by atoms with Crippen molar-refractivity contribution in [2.24, 2.45) is 4.99 Å². The molecule has 38 heavy (non-hydrogen) atoms. The Balaban J connectivity index is 1.54. The summed E-state index contributed by atoms with van der Waals surface area (Å²) in [5, 5.41) is 14.5. The molecule has 3 aliphatic heterocycles. The standard InChI is InChI=1S/C24H27F3N6O5/c1-14(15-9-16(24(25,26)27)11-17(10-15)33(35)36)29-20-18-12-31(13-19(18)32-6-5-28-22(32)30-20)21(34)23(37-2)3-7-38-8-4-23/h9-11,14H,3-8,12-13H2,1-2H3,(H,28,29,30)/t14-/m1/s1. The first-order chi connectivity index (χ1) is 18.0. The monoisotopic (exact) mass is 536 g/mol. The van der Waals surface area contributed by atoms with Crippen LogP contribution in [0.15, 0.2) is 23.2 Å². The molecule has 1 saturated heterocycles. The van der Waals surface area contributed by atoms with Gasteiger partial charge in [-0.3, -0.25) is 19.9 Å². The number of ether oxygens (including phenoxy) is 2. The number of nitro benzene ring substituents is 1. The lowest BCUT2D eigenvalue weighted by Crippen LogP contribution is -2.52. The summed E-state index contributed by atoms with van der Waals surface area (Å²) < 4.78 is 53.4. The van der Waals surface area contributed by atoms with Crippen molar-refractivity contribution in [3.05, 3.63) is 56.2 Å². The molecule has 0 bridgehead atoms. The number of halogens is 3. The Labute approximate surface area is 215 Å². The summed E-state index contributed by atoms with van der Waals surface area (Å²) >= 11 is 0. The van der Waals surface area contributed by atoms with Crippen LogP contribution < -0.4 is 10.8 Å². The van der Waals surface area contributed by atoms with E-state index in [4.69, 9.17) is 9.47 Å². The van der Waals surface area contributed by atoms with Gasteiger partial charge in [0.15, 0.2) is 11.1 Å². The summed E-state index contributed by atoms with van der Waals surface area (Å²) in [6.45, 7) is 4.18. The average Bonchev–Trinajstić information content (AvgIpc) is 3.55. The van der Waals surface area contributed by atoms with Gasteiger partial charge >= 0.3 is 6.18 Å². The summed E-state index contributed by atoms with van der Waals surface area (Å²) in [4.78, 5) is 34.9. The van der Waals surface area contributed by atoms with Crippen LogP contribution in [-0.2, 0) is 40.1 Å². The molecule has 3 aliphatic rings. The number of nitrogens with one attached hydrogen (secondary N) is 1. The molecule has 1 aromatic heterocycles. The third-order valence-electron chi connectivity index (χ3n) is 7.36. The largest absolute Gasteiger partial charge is 0.416 e. The van der Waals surface area contributed by atoms with Gasteiger partial charge < -0.3 is 24.3 Å². The van der Waals surface area contributed by atoms with Gasteiger partial charge in [0.2, 0.25) is 5.95 Å². The van der Waals surface area contributed by atoms with Gasteiger partial charge in [-0.15, -0.1) is 0 Å². The van der Waals surface area contributed by atoms with Crippen LogP contribution in [0.5, 0.6) is 0 Å². The molecule has 1 fully saturated rings. The maximum Gasteiger partial charge on any atom is 0.416 e. The van der Waals surface area contributed by atoms with Crippen LogP contribution in [0.3, 0.4) is 0 Å². The highest BCUT2D eigenvalue weighted by Crippen LogP contribution is 2.35. The zero-order valence-electron chi connectivity index (χ0n) is 20.9. The van der Waals surface area contributed by atoms with Gasteiger partial charge in [-0.25, -0.2) is 0 Å². The van der Waals surface area contributed by atoms with E-state index >= 15 is 0 Å². The van der Waals surface area contributed by atoms with Gasteiger partial charge in [0.25, 0.3) is 11.6 Å². The van der Waals surface area contributed by atoms with Crippen LogP contribution >= 0.6 is 0 Å². The number of hydrogen-bond acceptors (Lipinski definition) is 8. The number of methoxy groups -OCH3 is 1. The Bertz CT molecular complexity index is 1350. The van der Waals surface area contributed by atoms with Crippen LogP contribution in [0.4, 0.5) is 24.8 Å². The highest BCUT2D eigenvalue weighted by molar-refractivity contribution is 5.86. The summed E-state index contributed by atoms with van der Waals surface area (Å²) in [7, 11) is 1.51. The van der Waals surface area contributed by atoms with Crippen molar-refractivity contribution in [3.63, 3.8) is 0 Å². The first-order valence-electron chi connectivity index (χ1n) is 12.2. The zero-order valence-corrected chi connectivity index (χ0v) is 20.9. The van der Waals surface area contributed by atoms with Crippen molar-refractivity contribution in [1.82, 2.24) is 14.5 Å². The number of carbonyl (C=O) groups excluding carboxylic acids is 1. The number of rotatable bonds is 5. The van der Waals surface area contributed by atoms with Gasteiger partial charge in [-0.1, -0.05) is 0 Å². The van der Waals surface area contributed by atoms with Gasteiger partial charge in [0.1, 0.15) is 0 Å². The van der Waals surface area contributed by atoms with Crippen LogP contribution in [0.1, 0.15) is 48.2 Å². The predicted octanol–water partition coefficient (Wildman–Crippen LogP) is 2.94. The highest BCUT2D eigenvalue weighted by Gasteiger charge is 2.45. The molecule has 0 radical (unpaired) electrons. The topological polar surface area (TPSA) is 124 Å². The van der Waals surface area contributed by atoms with E-state index in [0.717, 1.165) is 17.8 Å². The first-order valence-corrected chi connectivity index (χ1v) is 12.2. The molecule has 11 nitrogen and oxygen atoms in total. The molecule has 1 aromatic carbocycles. The third-order valence-corrected chi connectivity index (χ3v) is 7.36. The number of anilines is 1. The fourth-order valence-corrected chi connectivity index (χ4v) is 5.22. The summed E-state index contributed by atoms with van der Waals surface area (Å²) in [6.07, 6.45) is -3.89. The van der Waals surface area contributed by atoms with E-state index in [-0.39, 0.29) is 23.5 Å². The Hall–Kier alpha value is -3.52. The van der Waals surface area contributed by atoms with Crippen molar-refractivity contribution < 1.29 is 32.4 Å². The Morgan fingerprint density at radius 1 is 1.29 bits per heavy atom. The van der Waals surface area contributed by atoms with Crippen LogP contribution in [0.2, 0.25) is 0 Å². The first kappa shape index (κ1) is 26.1. The van der Waals surface area contributed by atoms with Gasteiger partial charge in [-0.2, -0.15) is 18.2 Å². The molecule has 14 heteroatoms. The molecule has 4 heterocycles. The minimum absolute atomic E-state index is 0.0367. The van der Waals surface area contributed by atoms with Crippen molar-refractivity contribution >= 4 is 17.5 Å². The number of non-ortho nitro benzene ring substituents is 1. The van der Waals surface area contributed by atoms with E-state index in [1.54, 1.807) is 11.8 Å². The Morgan fingerprint density at radius 2 is 2.03 bits per heavy atom. The predicted molar refractivity (Wildman–Crippen MR) is 127 cm³/mol. The molecule has 0 spiro atoms. The molecule has 1 N–H and O–H groups in total. The molecule has 0 unspecified atom stereocenters. The zero-order chi connectivity index (χ0) is 27.2.